The number of aromatic nitrogens is 2. The average Bonchev–Trinajstić information content (AvgIpc) is 2.74. The molecule has 1 aromatic heterocycles. The molecule has 1 unspecified atom stereocenters. The molecular weight excluding hydrogens is 368 g/mol. The first-order valence-electron chi connectivity index (χ1n) is 9.40. The topological polar surface area (TPSA) is 99.3 Å². The van der Waals surface area contributed by atoms with E-state index in [0.29, 0.717) is 23.4 Å². The summed E-state index contributed by atoms with van der Waals surface area (Å²) < 4.78 is 5.08. The Hall–Kier alpha value is -3.50. The monoisotopic (exact) mass is 390 g/mol. The van der Waals surface area contributed by atoms with Crippen LogP contribution in [0.4, 0.5) is 5.82 Å². The van der Waals surface area contributed by atoms with Gasteiger partial charge in [0.25, 0.3) is 0 Å². The number of aliphatic hydroxyl groups is 1. The molecule has 3 aromatic rings. The van der Waals surface area contributed by atoms with E-state index in [1.54, 1.807) is 13.0 Å². The summed E-state index contributed by atoms with van der Waals surface area (Å²) in [7, 11) is 0. The first-order chi connectivity index (χ1) is 14.2. The highest BCUT2D eigenvalue weighted by Gasteiger charge is 2.29. The van der Waals surface area contributed by atoms with Crippen LogP contribution in [0.1, 0.15) is 24.1 Å². The number of hydrogen-bond acceptors (Lipinski definition) is 7. The van der Waals surface area contributed by atoms with Crippen LogP contribution in [0.2, 0.25) is 0 Å². The lowest BCUT2D eigenvalue weighted by atomic mass is 10.1. The Balaban J connectivity index is 2.14. The molecule has 0 aliphatic carbocycles. The van der Waals surface area contributed by atoms with Crippen molar-refractivity contribution < 1.29 is 14.6 Å². The van der Waals surface area contributed by atoms with Crippen LogP contribution in [-0.4, -0.2) is 40.8 Å². The van der Waals surface area contributed by atoms with E-state index in [2.05, 4.69) is 4.98 Å². The van der Waals surface area contributed by atoms with Crippen molar-refractivity contribution in [3.8, 4) is 6.07 Å². The van der Waals surface area contributed by atoms with Gasteiger partial charge in [-0.05, 0) is 24.6 Å². The minimum atomic E-state index is -1.21. The molecule has 148 valence electrons. The molecule has 7 nitrogen and oxygen atoms in total. The van der Waals surface area contributed by atoms with E-state index in [1.165, 1.54) is 0 Å². The Labute approximate surface area is 169 Å². The number of rotatable bonds is 8. The highest BCUT2D eigenvalue weighted by Crippen LogP contribution is 2.29. The van der Waals surface area contributed by atoms with Crippen molar-refractivity contribution in [1.82, 2.24) is 9.97 Å². The number of carbonyl (C=O) groups excluding carboxylic acids is 1. The number of hydrogen-bond donors (Lipinski definition) is 1. The molecule has 1 N–H and O–H groups in total. The highest BCUT2D eigenvalue weighted by atomic mass is 16.5. The van der Waals surface area contributed by atoms with E-state index < -0.39 is 11.9 Å². The summed E-state index contributed by atoms with van der Waals surface area (Å²) >= 11 is 0. The molecule has 3 rings (SSSR count). The van der Waals surface area contributed by atoms with E-state index in [9.17, 15) is 15.2 Å². The number of fused-ring (bicyclic) bond motifs is 1. The number of carbonyl (C=O) groups is 1. The number of nitrogens with zero attached hydrogens (tertiary/aromatic N) is 4. The summed E-state index contributed by atoms with van der Waals surface area (Å²) in [4.78, 5) is 23.5. The smallest absolute Gasteiger partial charge is 0.329 e. The van der Waals surface area contributed by atoms with Crippen molar-refractivity contribution in [3.63, 3.8) is 0 Å². The molecule has 0 bridgehead atoms. The lowest BCUT2D eigenvalue weighted by molar-refractivity contribution is -0.143. The maximum absolute atomic E-state index is 12.4. The third-order valence-electron chi connectivity index (χ3n) is 4.39. The minimum Gasteiger partial charge on any atom is -0.465 e. The first kappa shape index (κ1) is 20.2. The van der Waals surface area contributed by atoms with Crippen LogP contribution in [0.5, 0.6) is 0 Å². The summed E-state index contributed by atoms with van der Waals surface area (Å²) in [6, 6.07) is 19.0. The number of anilines is 1. The van der Waals surface area contributed by atoms with Gasteiger partial charge in [-0.2, -0.15) is 5.26 Å². The molecule has 0 aliphatic heterocycles. The van der Waals surface area contributed by atoms with Gasteiger partial charge in [0.05, 0.1) is 30.3 Å². The Morgan fingerprint density at radius 1 is 1.14 bits per heavy atom. The lowest BCUT2D eigenvalue weighted by Crippen LogP contribution is -2.30. The van der Waals surface area contributed by atoms with Gasteiger partial charge in [-0.3, -0.25) is 4.79 Å². The van der Waals surface area contributed by atoms with Crippen LogP contribution in [0.3, 0.4) is 0 Å². The molecule has 2 aromatic carbocycles. The summed E-state index contributed by atoms with van der Waals surface area (Å²) in [5.74, 6) is -1.48. The lowest BCUT2D eigenvalue weighted by Gasteiger charge is -2.26. The fraction of sp³-hybridized carbons (Fsp3) is 0.273. The van der Waals surface area contributed by atoms with Gasteiger partial charge in [-0.1, -0.05) is 42.5 Å². The van der Waals surface area contributed by atoms with Gasteiger partial charge in [0.2, 0.25) is 0 Å². The summed E-state index contributed by atoms with van der Waals surface area (Å²) in [6.07, 6.45) is 0. The SMILES string of the molecule is CCOC(=O)C(C#N)c1nc2ccccc2nc1N(CCO)Cc1ccccc1. The van der Waals surface area contributed by atoms with Gasteiger partial charge in [0.1, 0.15) is 5.69 Å². The van der Waals surface area contributed by atoms with Gasteiger partial charge in [0.15, 0.2) is 11.7 Å². The second kappa shape index (κ2) is 9.62. The summed E-state index contributed by atoms with van der Waals surface area (Å²) in [5.41, 5.74) is 2.46. The number of benzene rings is 2. The van der Waals surface area contributed by atoms with Gasteiger partial charge in [-0.25, -0.2) is 9.97 Å². The third kappa shape index (κ3) is 4.68. The van der Waals surface area contributed by atoms with Gasteiger partial charge in [0, 0.05) is 13.1 Å². The van der Waals surface area contributed by atoms with Crippen molar-refractivity contribution in [1.29, 1.82) is 5.26 Å². The van der Waals surface area contributed by atoms with E-state index in [-0.39, 0.29) is 25.5 Å². The van der Waals surface area contributed by atoms with Crippen LogP contribution < -0.4 is 4.90 Å². The van der Waals surface area contributed by atoms with Crippen LogP contribution in [-0.2, 0) is 16.1 Å². The van der Waals surface area contributed by atoms with Crippen molar-refractivity contribution in [3.05, 3.63) is 65.9 Å². The van der Waals surface area contributed by atoms with Crippen LogP contribution in [0, 0.1) is 11.3 Å². The quantitative estimate of drug-likeness (QED) is 0.590. The molecule has 1 atom stereocenters. The Kier molecular flexibility index (Phi) is 6.72. The molecule has 0 amide bonds. The normalized spacial score (nSPS) is 11.6. The maximum atomic E-state index is 12.4. The van der Waals surface area contributed by atoms with Gasteiger partial charge >= 0.3 is 5.97 Å². The molecule has 7 heteroatoms. The standard InChI is InChI=1S/C22H22N4O3/c1-2-29-22(28)17(14-23)20-21(25-19-11-7-6-10-18(19)24-20)26(12-13-27)15-16-8-4-3-5-9-16/h3-11,17,27H,2,12-13,15H2,1H3. The van der Waals surface area contributed by atoms with Crippen molar-refractivity contribution in [2.75, 3.05) is 24.7 Å². The molecule has 0 radical (unpaired) electrons. The highest BCUT2D eigenvalue weighted by molar-refractivity contribution is 5.85. The second-order valence-corrected chi connectivity index (χ2v) is 6.37. The van der Waals surface area contributed by atoms with Gasteiger partial charge < -0.3 is 14.7 Å². The van der Waals surface area contributed by atoms with Crippen LogP contribution in [0.15, 0.2) is 54.6 Å². The zero-order chi connectivity index (χ0) is 20.6. The fourth-order valence-corrected chi connectivity index (χ4v) is 3.07. The number of nitriles is 1. The first-order valence-corrected chi connectivity index (χ1v) is 9.40. The number of ether oxygens (including phenoxy) is 1. The number of para-hydroxylation sites is 2. The van der Waals surface area contributed by atoms with Crippen LogP contribution >= 0.6 is 0 Å². The predicted molar refractivity (Wildman–Crippen MR) is 109 cm³/mol. The molecule has 29 heavy (non-hydrogen) atoms. The summed E-state index contributed by atoms with van der Waals surface area (Å²) in [6.45, 7) is 2.46. The zero-order valence-corrected chi connectivity index (χ0v) is 16.2. The molecule has 0 aliphatic rings. The summed E-state index contributed by atoms with van der Waals surface area (Å²) in [5, 5.41) is 19.3. The Bertz CT molecular complexity index is 1020. The zero-order valence-electron chi connectivity index (χ0n) is 16.2. The van der Waals surface area contributed by atoms with E-state index >= 15 is 0 Å². The largest absolute Gasteiger partial charge is 0.465 e. The number of aliphatic hydroxyl groups excluding tert-OH is 1. The molecule has 1 heterocycles. The van der Waals surface area contributed by atoms with E-state index in [4.69, 9.17) is 9.72 Å². The molecule has 0 fully saturated rings. The molecule has 0 spiro atoms. The van der Waals surface area contributed by atoms with E-state index in [0.717, 1.165) is 5.56 Å². The predicted octanol–water partition coefficient (Wildman–Crippen LogP) is 2.80. The van der Waals surface area contributed by atoms with E-state index in [1.807, 2.05) is 59.5 Å². The molecule has 0 saturated carbocycles. The average molecular weight is 390 g/mol. The van der Waals surface area contributed by atoms with Crippen molar-refractivity contribution in [2.45, 2.75) is 19.4 Å². The Morgan fingerprint density at radius 3 is 2.41 bits per heavy atom. The van der Waals surface area contributed by atoms with Crippen LogP contribution in [0.25, 0.3) is 11.0 Å². The number of esters is 1. The second-order valence-electron chi connectivity index (χ2n) is 6.37. The third-order valence-corrected chi connectivity index (χ3v) is 4.39. The fourth-order valence-electron chi connectivity index (χ4n) is 3.07. The maximum Gasteiger partial charge on any atom is 0.329 e. The van der Waals surface area contributed by atoms with Crippen molar-refractivity contribution in [2.24, 2.45) is 0 Å². The van der Waals surface area contributed by atoms with Crippen molar-refractivity contribution >= 4 is 22.8 Å². The van der Waals surface area contributed by atoms with Gasteiger partial charge in [-0.15, -0.1) is 0 Å². The molecular formula is C22H22N4O3. The molecule has 0 saturated heterocycles. The minimum absolute atomic E-state index is 0.114. The Morgan fingerprint density at radius 2 is 1.79 bits per heavy atom.